The van der Waals surface area contributed by atoms with E-state index in [-0.39, 0.29) is 81.9 Å². The number of hydrogen-bond acceptors (Lipinski definition) is 13. The summed E-state index contributed by atoms with van der Waals surface area (Å²) in [7, 11) is -0.679. The predicted octanol–water partition coefficient (Wildman–Crippen LogP) is 8.40. The maximum absolute atomic E-state index is 12.9. The number of nitrogens with one attached hydrogen (secondary N) is 1. The van der Waals surface area contributed by atoms with Crippen LogP contribution >= 0.6 is 33.9 Å². The number of rotatable bonds is 8. The number of benzene rings is 4. The summed E-state index contributed by atoms with van der Waals surface area (Å²) < 4.78 is 151. The molecule has 0 saturated carbocycles. The van der Waals surface area contributed by atoms with Crippen LogP contribution in [0, 0.1) is 27.4 Å². The minimum atomic E-state index is -4.33. The van der Waals surface area contributed by atoms with Gasteiger partial charge in [0.15, 0.2) is 0 Å². The van der Waals surface area contributed by atoms with E-state index in [2.05, 4.69) is 34.1 Å². The second-order valence-corrected chi connectivity index (χ2v) is 16.4. The van der Waals surface area contributed by atoms with E-state index in [4.69, 9.17) is 56.1 Å². The van der Waals surface area contributed by atoms with E-state index in [0.717, 1.165) is 25.3 Å². The number of anilines is 2. The molecule has 14 nitrogen and oxygen atoms in total. The Kier molecular flexibility index (Phi) is 10.5. The average Bonchev–Trinajstić information content (AvgIpc) is 3.26. The van der Waals surface area contributed by atoms with E-state index in [9.17, 15) is 26.4 Å². The van der Waals surface area contributed by atoms with Crippen molar-refractivity contribution in [1.29, 1.82) is 0 Å². The molecule has 0 fully saturated rings. The molecule has 0 saturated heterocycles. The van der Waals surface area contributed by atoms with E-state index in [1.165, 1.54) is 86.0 Å². The Bertz CT molecular complexity index is 3120. The largest absolute Gasteiger partial charge is 0.465 e. The predicted molar refractivity (Wildman–Crippen MR) is 228 cm³/mol. The number of carbonyl (C=O) groups excluding carboxylic acids is 2. The monoisotopic (exact) mass is 910 g/mol. The fourth-order valence-corrected chi connectivity index (χ4v) is 6.95. The van der Waals surface area contributed by atoms with Gasteiger partial charge in [-0.15, -0.1) is 0 Å². The van der Waals surface area contributed by atoms with Crippen LogP contribution < -0.4 is 10.5 Å². The Morgan fingerprint density at radius 2 is 1.05 bits per heavy atom. The summed E-state index contributed by atoms with van der Waals surface area (Å²) >= 11 is 11.9. The van der Waals surface area contributed by atoms with Gasteiger partial charge in [-0.3, -0.25) is 0 Å². The molecular weight excluding hydrogens is 863 g/mol. The number of carbonyl (C=O) groups is 2. The Balaban J connectivity index is 0.000000258. The SMILES string of the molecule is COC(=O)c1cccc(S(=O)(=O)Cl)c1.[2H]C([2H])([2H])c1cccc(C([2H])([2H])[2H])c1-c1cc(Cl)nc(N)n1.[2H]C([2H])([2H])c1cccc(C([2H])([2H])[2H])c1-c1cc(Cl)nc(NS(=O)(=O)c2cccc(C(=O)OC)c2)n1. The van der Waals surface area contributed by atoms with Crippen molar-refractivity contribution in [3.8, 4) is 22.5 Å². The third-order valence-electron chi connectivity index (χ3n) is 7.38. The van der Waals surface area contributed by atoms with Crippen molar-refractivity contribution >= 4 is 76.8 Å². The summed E-state index contributed by atoms with van der Waals surface area (Å²) in [5.41, 5.74) is 4.40. The summed E-state index contributed by atoms with van der Waals surface area (Å²) in [5.74, 6) is -2.05. The summed E-state index contributed by atoms with van der Waals surface area (Å²) in [6, 6.07) is 20.6. The molecule has 0 aliphatic heterocycles. The summed E-state index contributed by atoms with van der Waals surface area (Å²) in [6.45, 7) is -10.4. The van der Waals surface area contributed by atoms with Gasteiger partial charge in [0.05, 0.1) is 46.5 Å². The Labute approximate surface area is 373 Å². The van der Waals surface area contributed by atoms with Gasteiger partial charge in [-0.25, -0.2) is 51.1 Å². The second kappa shape index (κ2) is 19.9. The second-order valence-electron chi connectivity index (χ2n) is 11.4. The molecule has 0 unspecified atom stereocenters. The number of methoxy groups -OCH3 is 2. The Morgan fingerprint density at radius 1 is 0.627 bits per heavy atom. The first-order valence-corrected chi connectivity index (χ1v) is 20.6. The van der Waals surface area contributed by atoms with Crippen LogP contribution in [0.1, 0.15) is 59.4 Å². The van der Waals surface area contributed by atoms with Crippen LogP contribution in [0.5, 0.6) is 0 Å². The van der Waals surface area contributed by atoms with Crippen LogP contribution in [0.25, 0.3) is 22.5 Å². The molecule has 6 aromatic rings. The number of esters is 2. The lowest BCUT2D eigenvalue weighted by molar-refractivity contribution is 0.0591. The van der Waals surface area contributed by atoms with Gasteiger partial charge in [0.25, 0.3) is 19.1 Å². The summed E-state index contributed by atoms with van der Waals surface area (Å²) in [6.07, 6.45) is 0. The molecule has 0 atom stereocenters. The van der Waals surface area contributed by atoms with Crippen LogP contribution in [-0.4, -0.2) is 62.9 Å². The molecular formula is C40H37Cl3N6O8S2. The van der Waals surface area contributed by atoms with Crippen molar-refractivity contribution in [2.24, 2.45) is 0 Å². The standard InChI is InChI=1S/C20H18ClN3O4S.C12H12ClN3.C8H7ClO4S/c1-12-6-4-7-13(2)18(12)16-11-17(21)23-20(22-16)24-29(26,27)15-9-5-8-14(10-15)19(25)28-3;1-7-4-3-5-8(2)11(7)9-6-10(13)16-12(14)15-9;1-13-8(10)6-3-2-4-7(5-6)14(9,11)12/h4-11H,1-3H3,(H,22,23,24);3-6H,1-2H3,(H2,14,15,16);2-5H,1H3/i2*1D3,2D3;. The van der Waals surface area contributed by atoms with Crippen LogP contribution in [0.4, 0.5) is 11.9 Å². The van der Waals surface area contributed by atoms with E-state index >= 15 is 0 Å². The highest BCUT2D eigenvalue weighted by Crippen LogP contribution is 2.29. The minimum absolute atomic E-state index is 0.000614. The van der Waals surface area contributed by atoms with Gasteiger partial charge in [-0.1, -0.05) is 71.7 Å². The molecule has 19 heteroatoms. The molecule has 308 valence electrons. The lowest BCUT2D eigenvalue weighted by Crippen LogP contribution is -2.16. The Hall–Kier alpha value is -5.65. The lowest BCUT2D eigenvalue weighted by atomic mass is 10.00. The highest BCUT2D eigenvalue weighted by atomic mass is 35.7. The zero-order valence-electron chi connectivity index (χ0n) is 42.3. The van der Waals surface area contributed by atoms with E-state index < -0.39 is 64.4 Å². The van der Waals surface area contributed by atoms with Gasteiger partial charge < -0.3 is 15.2 Å². The van der Waals surface area contributed by atoms with E-state index in [1.807, 2.05) is 0 Å². The van der Waals surface area contributed by atoms with Gasteiger partial charge in [0.1, 0.15) is 10.3 Å². The summed E-state index contributed by atoms with van der Waals surface area (Å²) in [4.78, 5) is 37.9. The fraction of sp³-hybridized carbons (Fsp3) is 0.150. The molecule has 0 spiro atoms. The first-order valence-electron chi connectivity index (χ1n) is 22.1. The van der Waals surface area contributed by atoms with Crippen molar-refractivity contribution < 1.29 is 52.3 Å². The first kappa shape index (κ1) is 31.3. The van der Waals surface area contributed by atoms with Gasteiger partial charge in [-0.2, -0.15) is 0 Å². The quantitative estimate of drug-likeness (QED) is 0.0836. The summed E-state index contributed by atoms with van der Waals surface area (Å²) in [5, 5.41) is -0.271. The van der Waals surface area contributed by atoms with Crippen molar-refractivity contribution in [3.05, 3.63) is 141 Å². The number of nitrogen functional groups attached to an aromatic ring is 1. The molecule has 4 aromatic carbocycles. The molecule has 0 bridgehead atoms. The molecule has 6 rings (SSSR count). The average molecular weight is 912 g/mol. The van der Waals surface area contributed by atoms with Crippen LogP contribution in [0.15, 0.2) is 107 Å². The normalized spacial score (nSPS) is 14.8. The zero-order chi connectivity index (χ0) is 53.7. The molecule has 0 radical (unpaired) electrons. The van der Waals surface area contributed by atoms with Crippen LogP contribution in [0.3, 0.4) is 0 Å². The lowest BCUT2D eigenvalue weighted by Gasteiger charge is -2.12. The third kappa shape index (κ3) is 12.4. The van der Waals surface area contributed by atoms with Crippen molar-refractivity contribution in [3.63, 3.8) is 0 Å². The van der Waals surface area contributed by atoms with Crippen LogP contribution in [0.2, 0.25) is 10.3 Å². The van der Waals surface area contributed by atoms with Crippen molar-refractivity contribution in [2.45, 2.75) is 37.2 Å². The smallest absolute Gasteiger partial charge is 0.337 e. The topological polar surface area (TPSA) is 210 Å². The number of nitrogens with zero attached hydrogens (tertiary/aromatic N) is 4. The number of nitrogens with two attached hydrogens (primary N) is 1. The minimum Gasteiger partial charge on any atom is -0.465 e. The van der Waals surface area contributed by atoms with Crippen LogP contribution in [-0.2, 0) is 28.5 Å². The van der Waals surface area contributed by atoms with Gasteiger partial charge in [0.2, 0.25) is 11.9 Å². The maximum atomic E-state index is 12.9. The van der Waals surface area contributed by atoms with Crippen molar-refractivity contribution in [1.82, 2.24) is 19.9 Å². The number of ether oxygens (including phenoxy) is 2. The fourth-order valence-electron chi connectivity index (χ4n) is 4.79. The molecule has 0 aliphatic rings. The molecule has 2 aromatic heterocycles. The molecule has 59 heavy (non-hydrogen) atoms. The van der Waals surface area contributed by atoms with Gasteiger partial charge in [0, 0.05) is 50.4 Å². The molecule has 0 aliphatic carbocycles. The van der Waals surface area contributed by atoms with Gasteiger partial charge >= 0.3 is 11.9 Å². The number of aryl methyl sites for hydroxylation is 4. The molecule has 2 heterocycles. The number of aromatic nitrogens is 4. The number of sulfonamides is 1. The molecule has 3 N–H and O–H groups in total. The third-order valence-corrected chi connectivity index (χ3v) is 10.4. The first-order chi connectivity index (χ1) is 32.6. The highest BCUT2D eigenvalue weighted by molar-refractivity contribution is 8.13. The highest BCUT2D eigenvalue weighted by Gasteiger charge is 2.20. The maximum Gasteiger partial charge on any atom is 0.337 e. The van der Waals surface area contributed by atoms with Gasteiger partial charge in [-0.05, 0) is 86.1 Å². The molecule has 0 amide bonds. The number of hydrogen-bond donors (Lipinski definition) is 2. The Morgan fingerprint density at radius 3 is 1.49 bits per heavy atom. The zero-order valence-corrected chi connectivity index (χ0v) is 34.2. The van der Waals surface area contributed by atoms with Crippen molar-refractivity contribution in [2.75, 3.05) is 24.7 Å². The van der Waals surface area contributed by atoms with E-state index in [0.29, 0.717) is 0 Å². The van der Waals surface area contributed by atoms with E-state index in [1.54, 1.807) is 0 Å². The number of halogens is 3.